The highest BCUT2D eigenvalue weighted by Crippen LogP contribution is 2.35. The summed E-state index contributed by atoms with van der Waals surface area (Å²) in [7, 11) is 0. The van der Waals surface area contributed by atoms with Crippen LogP contribution in [0.15, 0.2) is 18.2 Å². The molecule has 106 valence electrons. The molecule has 1 aliphatic carbocycles. The van der Waals surface area contributed by atoms with Gasteiger partial charge in [-0.05, 0) is 18.9 Å². The van der Waals surface area contributed by atoms with E-state index in [1.165, 1.54) is 0 Å². The lowest BCUT2D eigenvalue weighted by atomic mass is 10.1. The molecule has 0 unspecified atom stereocenters. The average molecular weight is 301 g/mol. The summed E-state index contributed by atoms with van der Waals surface area (Å²) in [5.41, 5.74) is 0.592. The molecule has 0 atom stereocenters. The van der Waals surface area contributed by atoms with Gasteiger partial charge in [0.1, 0.15) is 10.8 Å². The highest BCUT2D eigenvalue weighted by molar-refractivity contribution is 6.29. The lowest BCUT2D eigenvalue weighted by Gasteiger charge is -2.06. The molecule has 2 nitrogen and oxygen atoms in total. The van der Waals surface area contributed by atoms with E-state index >= 15 is 0 Å². The number of hydrogen-bond donors (Lipinski definition) is 0. The third kappa shape index (κ3) is 2.30. The molecular formula is C14H12ClF3N2. The van der Waals surface area contributed by atoms with Crippen molar-refractivity contribution in [3.63, 3.8) is 0 Å². The predicted molar refractivity (Wildman–Crippen MR) is 69.7 cm³/mol. The molecule has 0 radical (unpaired) electrons. The smallest absolute Gasteiger partial charge is 0.161 e. The van der Waals surface area contributed by atoms with Crippen LogP contribution < -0.4 is 0 Å². The highest BCUT2D eigenvalue weighted by atomic mass is 35.5. The zero-order valence-corrected chi connectivity index (χ0v) is 11.3. The summed E-state index contributed by atoms with van der Waals surface area (Å²) in [6, 6.07) is 2.93. The molecule has 1 aromatic carbocycles. The Kier molecular flexibility index (Phi) is 3.46. The quantitative estimate of drug-likeness (QED) is 0.741. The monoisotopic (exact) mass is 300 g/mol. The Morgan fingerprint density at radius 2 is 1.65 bits per heavy atom. The van der Waals surface area contributed by atoms with Gasteiger partial charge in [0.25, 0.3) is 0 Å². The minimum atomic E-state index is -1.23. The summed E-state index contributed by atoms with van der Waals surface area (Å²) < 4.78 is 41.1. The SMILES string of the molecule is Fc1cc(F)c(-n2nc(C3CCCC3)cc2Cl)cc1F. The predicted octanol–water partition coefficient (Wildman–Crippen LogP) is 4.60. The Bertz CT molecular complexity index is 648. The molecule has 20 heavy (non-hydrogen) atoms. The number of nitrogens with zero attached hydrogens (tertiary/aromatic N) is 2. The normalized spacial score (nSPS) is 16.0. The molecule has 1 saturated carbocycles. The Morgan fingerprint density at radius 1 is 1.00 bits per heavy atom. The number of benzene rings is 1. The molecule has 1 heterocycles. The highest BCUT2D eigenvalue weighted by Gasteiger charge is 2.22. The van der Waals surface area contributed by atoms with Crippen molar-refractivity contribution in [2.75, 3.05) is 0 Å². The number of rotatable bonds is 2. The van der Waals surface area contributed by atoms with E-state index in [0.717, 1.165) is 42.1 Å². The molecule has 2 aromatic rings. The Morgan fingerprint density at radius 3 is 2.35 bits per heavy atom. The van der Waals surface area contributed by atoms with Gasteiger partial charge in [0, 0.05) is 18.1 Å². The first-order valence-electron chi connectivity index (χ1n) is 6.46. The van der Waals surface area contributed by atoms with Crippen LogP contribution in [0.3, 0.4) is 0 Å². The molecule has 0 aliphatic heterocycles. The van der Waals surface area contributed by atoms with Crippen LogP contribution in [0.1, 0.15) is 37.3 Å². The van der Waals surface area contributed by atoms with E-state index in [1.807, 2.05) is 0 Å². The Balaban J connectivity index is 2.04. The first kappa shape index (κ1) is 13.5. The zero-order chi connectivity index (χ0) is 14.3. The van der Waals surface area contributed by atoms with Crippen LogP contribution in [0.25, 0.3) is 5.69 Å². The van der Waals surface area contributed by atoms with Crippen molar-refractivity contribution in [3.05, 3.63) is 46.5 Å². The summed E-state index contributed by atoms with van der Waals surface area (Å²) in [6.45, 7) is 0. The van der Waals surface area contributed by atoms with Crippen LogP contribution in [0, 0.1) is 17.5 Å². The van der Waals surface area contributed by atoms with E-state index in [9.17, 15) is 13.2 Å². The minimum absolute atomic E-state index is 0.182. The van der Waals surface area contributed by atoms with Crippen molar-refractivity contribution in [2.24, 2.45) is 0 Å². The lowest BCUT2D eigenvalue weighted by Crippen LogP contribution is -2.04. The number of aromatic nitrogens is 2. The maximum absolute atomic E-state index is 13.8. The second-order valence-electron chi connectivity index (χ2n) is 5.00. The fraction of sp³-hybridized carbons (Fsp3) is 0.357. The molecule has 0 saturated heterocycles. The Labute approximate surface area is 119 Å². The van der Waals surface area contributed by atoms with Crippen LogP contribution in [-0.4, -0.2) is 9.78 Å². The third-order valence-corrected chi connectivity index (χ3v) is 3.95. The lowest BCUT2D eigenvalue weighted by molar-refractivity contribution is 0.491. The van der Waals surface area contributed by atoms with E-state index in [4.69, 9.17) is 11.6 Å². The fourth-order valence-corrected chi connectivity index (χ4v) is 2.88. The van der Waals surface area contributed by atoms with E-state index in [2.05, 4.69) is 5.10 Å². The van der Waals surface area contributed by atoms with Crippen LogP contribution in [0.2, 0.25) is 5.15 Å². The second kappa shape index (κ2) is 5.13. The second-order valence-corrected chi connectivity index (χ2v) is 5.39. The van der Waals surface area contributed by atoms with E-state index in [-0.39, 0.29) is 10.8 Å². The van der Waals surface area contributed by atoms with Crippen LogP contribution >= 0.6 is 11.6 Å². The van der Waals surface area contributed by atoms with E-state index < -0.39 is 17.5 Å². The van der Waals surface area contributed by atoms with Gasteiger partial charge in [-0.2, -0.15) is 5.10 Å². The average Bonchev–Trinajstić information content (AvgIpc) is 3.03. The van der Waals surface area contributed by atoms with Crippen molar-refractivity contribution in [2.45, 2.75) is 31.6 Å². The summed E-state index contributed by atoms with van der Waals surface area (Å²) in [4.78, 5) is 0. The molecular weight excluding hydrogens is 289 g/mol. The molecule has 1 aromatic heterocycles. The van der Waals surface area contributed by atoms with E-state index in [1.54, 1.807) is 6.07 Å². The van der Waals surface area contributed by atoms with Gasteiger partial charge in [0.05, 0.1) is 5.69 Å². The van der Waals surface area contributed by atoms with E-state index in [0.29, 0.717) is 12.0 Å². The minimum Gasteiger partial charge on any atom is -0.219 e. The molecule has 1 aliphatic rings. The van der Waals surface area contributed by atoms with Gasteiger partial charge in [-0.25, -0.2) is 17.9 Å². The van der Waals surface area contributed by atoms with Crippen LogP contribution in [0.5, 0.6) is 0 Å². The van der Waals surface area contributed by atoms with Gasteiger partial charge in [-0.1, -0.05) is 24.4 Å². The maximum atomic E-state index is 13.8. The van der Waals surface area contributed by atoms with Gasteiger partial charge >= 0.3 is 0 Å². The molecule has 1 fully saturated rings. The van der Waals surface area contributed by atoms with Crippen molar-refractivity contribution in [1.29, 1.82) is 0 Å². The number of halogens is 4. The summed E-state index contributed by atoms with van der Waals surface area (Å²) in [5.74, 6) is -2.95. The summed E-state index contributed by atoms with van der Waals surface area (Å²) >= 11 is 6.04. The molecule has 6 heteroatoms. The van der Waals surface area contributed by atoms with Gasteiger partial charge in [0.15, 0.2) is 17.5 Å². The van der Waals surface area contributed by atoms with Crippen LogP contribution in [-0.2, 0) is 0 Å². The molecule has 0 spiro atoms. The summed E-state index contributed by atoms with van der Waals surface area (Å²) in [5, 5.41) is 4.44. The zero-order valence-electron chi connectivity index (χ0n) is 10.5. The molecule has 0 N–H and O–H groups in total. The standard InChI is InChI=1S/C14H12ClF3N2/c15-14-7-12(8-3-1-2-4-8)19-20(14)13-6-10(17)9(16)5-11(13)18/h5-8H,1-4H2. The topological polar surface area (TPSA) is 17.8 Å². The molecule has 0 amide bonds. The first-order chi connectivity index (χ1) is 9.56. The first-order valence-corrected chi connectivity index (χ1v) is 6.84. The molecule has 0 bridgehead atoms. The van der Waals surface area contributed by atoms with Gasteiger partial charge in [-0.15, -0.1) is 0 Å². The van der Waals surface area contributed by atoms with Crippen molar-refractivity contribution >= 4 is 11.6 Å². The third-order valence-electron chi connectivity index (χ3n) is 3.68. The van der Waals surface area contributed by atoms with Crippen LogP contribution in [0.4, 0.5) is 13.2 Å². The van der Waals surface area contributed by atoms with Crippen molar-refractivity contribution in [1.82, 2.24) is 9.78 Å². The number of hydrogen-bond acceptors (Lipinski definition) is 1. The summed E-state index contributed by atoms with van der Waals surface area (Å²) in [6.07, 6.45) is 4.31. The maximum Gasteiger partial charge on any atom is 0.161 e. The molecule has 3 rings (SSSR count). The Hall–Kier alpha value is -1.49. The van der Waals surface area contributed by atoms with Gasteiger partial charge in [0.2, 0.25) is 0 Å². The largest absolute Gasteiger partial charge is 0.219 e. The van der Waals surface area contributed by atoms with Crippen molar-refractivity contribution in [3.8, 4) is 5.69 Å². The van der Waals surface area contributed by atoms with Gasteiger partial charge in [-0.3, -0.25) is 0 Å². The van der Waals surface area contributed by atoms with Crippen molar-refractivity contribution < 1.29 is 13.2 Å². The van der Waals surface area contributed by atoms with Gasteiger partial charge < -0.3 is 0 Å². The fourth-order valence-electron chi connectivity index (χ4n) is 2.64.